The smallest absolute Gasteiger partial charge is 0.253 e. The third kappa shape index (κ3) is 2.67. The van der Waals surface area contributed by atoms with E-state index in [9.17, 15) is 4.79 Å². The minimum atomic E-state index is -0.516. The molecule has 2 rings (SSSR count). The predicted octanol–water partition coefficient (Wildman–Crippen LogP) is 1.63. The summed E-state index contributed by atoms with van der Waals surface area (Å²) >= 11 is 5.29. The Kier molecular flexibility index (Phi) is 3.18. The predicted molar refractivity (Wildman–Crippen MR) is 54.3 cm³/mol. The fraction of sp³-hybridized carbons (Fsp3) is 0.400. The summed E-state index contributed by atoms with van der Waals surface area (Å²) in [6.45, 7) is 1.32. The highest BCUT2D eigenvalue weighted by Crippen LogP contribution is 2.15. The summed E-state index contributed by atoms with van der Waals surface area (Å²) in [6.07, 6.45) is 2.34. The Morgan fingerprint density at radius 3 is 3.00 bits per heavy atom. The zero-order valence-corrected chi connectivity index (χ0v) is 8.74. The molecule has 0 aromatic carbocycles. The summed E-state index contributed by atoms with van der Waals surface area (Å²) in [4.78, 5) is 14.7. The van der Waals surface area contributed by atoms with E-state index in [2.05, 4.69) is 4.98 Å². The number of rotatable bonds is 3. The topological polar surface area (TPSA) is 48.4 Å². The van der Waals surface area contributed by atoms with Crippen molar-refractivity contribution in [1.82, 2.24) is 4.98 Å². The first-order valence-electron chi connectivity index (χ1n) is 4.66. The Hall–Kier alpha value is -1.13. The molecule has 2 heterocycles. The third-order valence-corrected chi connectivity index (χ3v) is 2.36. The lowest BCUT2D eigenvalue weighted by molar-refractivity contribution is 0.108. The number of hydrogen-bond donors (Lipinski definition) is 0. The van der Waals surface area contributed by atoms with Crippen LogP contribution in [0.15, 0.2) is 18.3 Å². The molecule has 0 saturated carbocycles. The zero-order valence-electron chi connectivity index (χ0n) is 7.98. The molecule has 1 atom stereocenters. The molecule has 80 valence electrons. The van der Waals surface area contributed by atoms with E-state index in [4.69, 9.17) is 21.1 Å². The molecule has 1 aliphatic rings. The van der Waals surface area contributed by atoms with E-state index in [0.717, 1.165) is 13.0 Å². The molecule has 1 fully saturated rings. The molecule has 0 bridgehead atoms. The Morgan fingerprint density at radius 1 is 1.60 bits per heavy atom. The SMILES string of the molecule is O=C(Cl)c1ccc(OC2CCOC2)nc1. The fourth-order valence-corrected chi connectivity index (χ4v) is 1.45. The van der Waals surface area contributed by atoms with Crippen LogP contribution in [0.1, 0.15) is 16.8 Å². The van der Waals surface area contributed by atoms with Crippen LogP contribution < -0.4 is 4.74 Å². The van der Waals surface area contributed by atoms with Gasteiger partial charge in [0.25, 0.3) is 5.24 Å². The first kappa shape index (κ1) is 10.4. The Morgan fingerprint density at radius 2 is 2.47 bits per heavy atom. The molecule has 1 aromatic heterocycles. The molecule has 0 radical (unpaired) electrons. The first-order chi connectivity index (χ1) is 7.25. The molecule has 5 heteroatoms. The Labute approximate surface area is 92.2 Å². The maximum absolute atomic E-state index is 10.8. The molecule has 0 amide bonds. The van der Waals surface area contributed by atoms with Crippen LogP contribution in [0.2, 0.25) is 0 Å². The number of nitrogens with zero attached hydrogens (tertiary/aromatic N) is 1. The number of halogens is 1. The highest BCUT2D eigenvalue weighted by molar-refractivity contribution is 6.67. The van der Waals surface area contributed by atoms with E-state index in [-0.39, 0.29) is 6.10 Å². The summed E-state index contributed by atoms with van der Waals surface area (Å²) < 4.78 is 10.7. The van der Waals surface area contributed by atoms with E-state index >= 15 is 0 Å². The lowest BCUT2D eigenvalue weighted by Crippen LogP contribution is -2.16. The monoisotopic (exact) mass is 227 g/mol. The standard InChI is InChI=1S/C10H10ClNO3/c11-10(13)7-1-2-9(12-5-7)15-8-3-4-14-6-8/h1-2,5,8H,3-4,6H2. The number of carbonyl (C=O) groups excluding carboxylic acids is 1. The van der Waals surface area contributed by atoms with Gasteiger partial charge in [0, 0.05) is 18.7 Å². The lowest BCUT2D eigenvalue weighted by Gasteiger charge is -2.10. The number of aromatic nitrogens is 1. The van der Waals surface area contributed by atoms with E-state index in [1.54, 1.807) is 12.1 Å². The van der Waals surface area contributed by atoms with Gasteiger partial charge in [0.1, 0.15) is 6.10 Å². The van der Waals surface area contributed by atoms with Gasteiger partial charge in [0.15, 0.2) is 0 Å². The summed E-state index contributed by atoms with van der Waals surface area (Å²) in [5.74, 6) is 0.493. The lowest BCUT2D eigenvalue weighted by atomic mass is 10.3. The molecular weight excluding hydrogens is 218 g/mol. The number of pyridine rings is 1. The summed E-state index contributed by atoms with van der Waals surface area (Å²) in [7, 11) is 0. The maximum atomic E-state index is 10.8. The van der Waals surface area contributed by atoms with Crippen molar-refractivity contribution in [3.8, 4) is 5.88 Å². The number of ether oxygens (including phenoxy) is 2. The normalized spacial score (nSPS) is 20.2. The van der Waals surface area contributed by atoms with Crippen molar-refractivity contribution < 1.29 is 14.3 Å². The summed E-state index contributed by atoms with van der Waals surface area (Å²) in [5, 5.41) is -0.516. The van der Waals surface area contributed by atoms with Gasteiger partial charge in [-0.15, -0.1) is 0 Å². The highest BCUT2D eigenvalue weighted by atomic mass is 35.5. The van der Waals surface area contributed by atoms with Gasteiger partial charge < -0.3 is 9.47 Å². The highest BCUT2D eigenvalue weighted by Gasteiger charge is 2.17. The van der Waals surface area contributed by atoms with Crippen LogP contribution >= 0.6 is 11.6 Å². The van der Waals surface area contributed by atoms with Crippen LogP contribution in [0.3, 0.4) is 0 Å². The van der Waals surface area contributed by atoms with E-state index in [1.807, 2.05) is 0 Å². The molecule has 4 nitrogen and oxygen atoms in total. The molecule has 1 aromatic rings. The van der Waals surface area contributed by atoms with Crippen LogP contribution in [-0.2, 0) is 4.74 Å². The Bertz CT molecular complexity index is 346. The second kappa shape index (κ2) is 4.59. The van der Waals surface area contributed by atoms with Gasteiger partial charge in [0.05, 0.1) is 18.8 Å². The minimum absolute atomic E-state index is 0.0649. The quantitative estimate of drug-likeness (QED) is 0.737. The van der Waals surface area contributed by atoms with Crippen LogP contribution in [0, 0.1) is 0 Å². The number of carbonyl (C=O) groups is 1. The van der Waals surface area contributed by atoms with Crippen LogP contribution in [0.4, 0.5) is 0 Å². The van der Waals surface area contributed by atoms with Crippen LogP contribution in [0.25, 0.3) is 0 Å². The van der Waals surface area contributed by atoms with E-state index < -0.39 is 5.24 Å². The summed E-state index contributed by atoms with van der Waals surface area (Å²) in [6, 6.07) is 3.22. The van der Waals surface area contributed by atoms with Crippen molar-refractivity contribution in [2.45, 2.75) is 12.5 Å². The molecular formula is C10H10ClNO3. The second-order valence-electron chi connectivity index (χ2n) is 3.26. The molecule has 1 saturated heterocycles. The van der Waals surface area contributed by atoms with Crippen molar-refractivity contribution in [3.05, 3.63) is 23.9 Å². The number of hydrogen-bond acceptors (Lipinski definition) is 4. The van der Waals surface area contributed by atoms with Gasteiger partial charge in [0.2, 0.25) is 5.88 Å². The van der Waals surface area contributed by atoms with Crippen molar-refractivity contribution in [1.29, 1.82) is 0 Å². The summed E-state index contributed by atoms with van der Waals surface area (Å²) in [5.41, 5.74) is 0.367. The maximum Gasteiger partial charge on any atom is 0.253 e. The average Bonchev–Trinajstić information content (AvgIpc) is 2.71. The molecule has 1 unspecified atom stereocenters. The zero-order chi connectivity index (χ0) is 10.7. The molecule has 1 aliphatic heterocycles. The minimum Gasteiger partial charge on any atom is -0.472 e. The third-order valence-electron chi connectivity index (χ3n) is 2.14. The van der Waals surface area contributed by atoms with Crippen molar-refractivity contribution in [3.63, 3.8) is 0 Å². The Balaban J connectivity index is 2.00. The van der Waals surface area contributed by atoms with Crippen LogP contribution in [0.5, 0.6) is 5.88 Å². The molecule has 15 heavy (non-hydrogen) atoms. The largest absolute Gasteiger partial charge is 0.472 e. The van der Waals surface area contributed by atoms with Gasteiger partial charge in [-0.1, -0.05) is 0 Å². The van der Waals surface area contributed by atoms with Gasteiger partial charge >= 0.3 is 0 Å². The molecule has 0 N–H and O–H groups in total. The van der Waals surface area contributed by atoms with Crippen molar-refractivity contribution in [2.75, 3.05) is 13.2 Å². The van der Waals surface area contributed by atoms with Crippen molar-refractivity contribution in [2.24, 2.45) is 0 Å². The fourth-order valence-electron chi connectivity index (χ4n) is 1.34. The second-order valence-corrected chi connectivity index (χ2v) is 3.61. The first-order valence-corrected chi connectivity index (χ1v) is 5.04. The van der Waals surface area contributed by atoms with Crippen molar-refractivity contribution >= 4 is 16.8 Å². The van der Waals surface area contributed by atoms with Crippen LogP contribution in [-0.4, -0.2) is 29.5 Å². The van der Waals surface area contributed by atoms with Gasteiger partial charge in [-0.2, -0.15) is 0 Å². The van der Waals surface area contributed by atoms with Gasteiger partial charge in [-0.05, 0) is 17.7 Å². The molecule has 0 aliphatic carbocycles. The van der Waals surface area contributed by atoms with Gasteiger partial charge in [-0.25, -0.2) is 4.98 Å². The van der Waals surface area contributed by atoms with E-state index in [0.29, 0.717) is 18.1 Å². The molecule has 0 spiro atoms. The van der Waals surface area contributed by atoms with E-state index in [1.165, 1.54) is 6.20 Å². The average molecular weight is 228 g/mol. The van der Waals surface area contributed by atoms with Gasteiger partial charge in [-0.3, -0.25) is 4.79 Å².